The molecule has 0 bridgehead atoms. The summed E-state index contributed by atoms with van der Waals surface area (Å²) in [5, 5.41) is 8.89. The van der Waals surface area contributed by atoms with Crippen molar-refractivity contribution in [2.24, 2.45) is 17.8 Å². The lowest BCUT2D eigenvalue weighted by Gasteiger charge is -2.36. The molecule has 1 saturated carbocycles. The van der Waals surface area contributed by atoms with Crippen LogP contribution in [0.1, 0.15) is 51.9 Å². The topological polar surface area (TPSA) is 42.2 Å². The molecule has 0 aromatic carbocycles. The number of rotatable bonds is 4. The molecule has 2 aliphatic rings. The highest BCUT2D eigenvalue weighted by molar-refractivity contribution is 4.88. The highest BCUT2D eigenvalue weighted by Crippen LogP contribution is 2.33. The Kier molecular flexibility index (Phi) is 5.46. The minimum absolute atomic E-state index is 0.00233. The van der Waals surface area contributed by atoms with E-state index in [2.05, 4.69) is 13.0 Å². The van der Waals surface area contributed by atoms with Crippen molar-refractivity contribution in [1.82, 2.24) is 0 Å². The van der Waals surface area contributed by atoms with E-state index in [1.54, 1.807) is 0 Å². The zero-order chi connectivity index (χ0) is 12.8. The van der Waals surface area contributed by atoms with E-state index >= 15 is 0 Å². The third kappa shape index (κ3) is 3.70. The molecule has 1 aliphatic heterocycles. The Balaban J connectivity index is 1.69. The second-order valence-electron chi connectivity index (χ2n) is 5.78. The van der Waals surface area contributed by atoms with Crippen molar-refractivity contribution >= 4 is 0 Å². The molecule has 0 amide bonds. The van der Waals surface area contributed by atoms with Gasteiger partial charge in [-0.2, -0.15) is 5.26 Å². The van der Waals surface area contributed by atoms with Gasteiger partial charge in [0.05, 0.1) is 19.3 Å². The van der Waals surface area contributed by atoms with Crippen LogP contribution in [0, 0.1) is 29.1 Å². The van der Waals surface area contributed by atoms with E-state index in [4.69, 9.17) is 14.7 Å². The van der Waals surface area contributed by atoms with Crippen LogP contribution < -0.4 is 0 Å². The molecule has 3 nitrogen and oxygen atoms in total. The lowest BCUT2D eigenvalue weighted by Crippen LogP contribution is -2.38. The molecule has 2 fully saturated rings. The molecule has 3 heteroatoms. The summed E-state index contributed by atoms with van der Waals surface area (Å²) < 4.78 is 11.8. The van der Waals surface area contributed by atoms with Crippen LogP contribution in [0.15, 0.2) is 0 Å². The maximum atomic E-state index is 8.89. The van der Waals surface area contributed by atoms with Gasteiger partial charge in [0.25, 0.3) is 0 Å². The third-order valence-corrected chi connectivity index (χ3v) is 4.30. The molecular formula is C15H25NO2. The summed E-state index contributed by atoms with van der Waals surface area (Å²) in [4.78, 5) is 0. The molecule has 2 rings (SSSR count). The Morgan fingerprint density at radius 1 is 1.11 bits per heavy atom. The van der Waals surface area contributed by atoms with Gasteiger partial charge in [0.1, 0.15) is 0 Å². The quantitative estimate of drug-likeness (QED) is 0.768. The fourth-order valence-corrected chi connectivity index (χ4v) is 3.01. The fourth-order valence-electron chi connectivity index (χ4n) is 3.01. The molecule has 1 aliphatic carbocycles. The average Bonchev–Trinajstić information content (AvgIpc) is 2.46. The van der Waals surface area contributed by atoms with Crippen molar-refractivity contribution < 1.29 is 9.47 Å². The van der Waals surface area contributed by atoms with Gasteiger partial charge >= 0.3 is 0 Å². The Bertz CT molecular complexity index is 271. The molecule has 0 aromatic rings. The largest absolute Gasteiger partial charge is 0.352 e. The predicted octanol–water partition coefficient (Wildman–Crippen LogP) is 3.50. The second kappa shape index (κ2) is 7.11. The minimum Gasteiger partial charge on any atom is -0.352 e. The number of unbranched alkanes of at least 4 members (excludes halogenated alkanes) is 1. The van der Waals surface area contributed by atoms with Crippen molar-refractivity contribution in [2.75, 3.05) is 13.2 Å². The molecule has 102 valence electrons. The van der Waals surface area contributed by atoms with E-state index < -0.39 is 0 Å². The van der Waals surface area contributed by atoms with Crippen molar-refractivity contribution in [3.05, 3.63) is 0 Å². The Labute approximate surface area is 110 Å². The summed E-state index contributed by atoms with van der Waals surface area (Å²) >= 11 is 0. The van der Waals surface area contributed by atoms with Crippen LogP contribution in [-0.2, 0) is 9.47 Å². The Hall–Kier alpha value is -0.590. The molecular weight excluding hydrogens is 226 g/mol. The number of nitriles is 1. The van der Waals surface area contributed by atoms with Gasteiger partial charge in [-0.3, -0.25) is 0 Å². The maximum Gasteiger partial charge on any atom is 0.160 e. The van der Waals surface area contributed by atoms with Crippen LogP contribution in [0.3, 0.4) is 0 Å². The molecule has 0 spiro atoms. The average molecular weight is 251 g/mol. The summed E-state index contributed by atoms with van der Waals surface area (Å²) in [5.74, 6) is 1.38. The molecule has 18 heavy (non-hydrogen) atoms. The van der Waals surface area contributed by atoms with E-state index in [9.17, 15) is 0 Å². The minimum atomic E-state index is 0.00233. The summed E-state index contributed by atoms with van der Waals surface area (Å²) in [5.41, 5.74) is 0. The van der Waals surface area contributed by atoms with Crippen LogP contribution in [0.4, 0.5) is 0 Å². The molecule has 1 saturated heterocycles. The lowest BCUT2D eigenvalue weighted by atomic mass is 9.82. The van der Waals surface area contributed by atoms with Crippen LogP contribution in [-0.4, -0.2) is 19.5 Å². The van der Waals surface area contributed by atoms with Crippen molar-refractivity contribution in [1.29, 1.82) is 5.26 Å². The zero-order valence-corrected chi connectivity index (χ0v) is 11.4. The summed E-state index contributed by atoms with van der Waals surface area (Å²) in [7, 11) is 0. The number of ether oxygens (including phenoxy) is 2. The maximum absolute atomic E-state index is 8.89. The first-order chi connectivity index (χ1) is 8.83. The van der Waals surface area contributed by atoms with Crippen LogP contribution in [0.25, 0.3) is 0 Å². The lowest BCUT2D eigenvalue weighted by molar-refractivity contribution is -0.229. The summed E-state index contributed by atoms with van der Waals surface area (Å²) in [6, 6.07) is 2.38. The zero-order valence-electron chi connectivity index (χ0n) is 11.4. The SMILES string of the molecule is CCCCC1COC([C@H]2CC[C@H](C#N)CC2)OC1. The predicted molar refractivity (Wildman–Crippen MR) is 69.8 cm³/mol. The monoisotopic (exact) mass is 251 g/mol. The molecule has 0 aromatic heterocycles. The molecule has 0 N–H and O–H groups in total. The van der Waals surface area contributed by atoms with E-state index in [-0.39, 0.29) is 12.2 Å². The van der Waals surface area contributed by atoms with E-state index in [0.29, 0.717) is 11.8 Å². The van der Waals surface area contributed by atoms with Crippen molar-refractivity contribution in [3.63, 3.8) is 0 Å². The second-order valence-corrected chi connectivity index (χ2v) is 5.78. The standard InChI is InChI=1S/C15H25NO2/c1-2-3-4-13-10-17-15(18-11-13)14-7-5-12(9-16)6-8-14/h12-15H,2-8,10-11H2,1H3/t12-,13?,14-,15?. The Morgan fingerprint density at radius 3 is 2.33 bits per heavy atom. The fraction of sp³-hybridized carbons (Fsp3) is 0.933. The van der Waals surface area contributed by atoms with E-state index in [1.807, 2.05) is 0 Å². The highest BCUT2D eigenvalue weighted by atomic mass is 16.7. The first-order valence-corrected chi connectivity index (χ1v) is 7.46. The van der Waals surface area contributed by atoms with Crippen LogP contribution >= 0.6 is 0 Å². The van der Waals surface area contributed by atoms with Gasteiger partial charge in [-0.05, 0) is 32.1 Å². The van der Waals surface area contributed by atoms with Crippen LogP contribution in [0.2, 0.25) is 0 Å². The first kappa shape index (κ1) is 13.8. The van der Waals surface area contributed by atoms with Gasteiger partial charge in [-0.15, -0.1) is 0 Å². The summed E-state index contributed by atoms with van der Waals surface area (Å²) in [6.07, 6.45) is 7.96. The highest BCUT2D eigenvalue weighted by Gasteiger charge is 2.32. The number of hydrogen-bond acceptors (Lipinski definition) is 3. The number of hydrogen-bond donors (Lipinski definition) is 0. The Morgan fingerprint density at radius 2 is 1.78 bits per heavy atom. The van der Waals surface area contributed by atoms with Gasteiger partial charge in [0.15, 0.2) is 6.29 Å². The first-order valence-electron chi connectivity index (χ1n) is 7.46. The van der Waals surface area contributed by atoms with E-state index in [1.165, 1.54) is 19.3 Å². The molecule has 0 radical (unpaired) electrons. The smallest absolute Gasteiger partial charge is 0.160 e. The molecule has 1 heterocycles. The summed E-state index contributed by atoms with van der Waals surface area (Å²) in [6.45, 7) is 3.95. The van der Waals surface area contributed by atoms with Gasteiger partial charge < -0.3 is 9.47 Å². The molecule has 0 unspecified atom stereocenters. The molecule has 0 atom stereocenters. The van der Waals surface area contributed by atoms with Gasteiger partial charge in [-0.1, -0.05) is 19.8 Å². The van der Waals surface area contributed by atoms with Crippen molar-refractivity contribution in [2.45, 2.75) is 58.2 Å². The van der Waals surface area contributed by atoms with Gasteiger partial charge in [-0.25, -0.2) is 0 Å². The number of nitrogens with zero attached hydrogens (tertiary/aromatic N) is 1. The van der Waals surface area contributed by atoms with Crippen molar-refractivity contribution in [3.8, 4) is 6.07 Å². The van der Waals surface area contributed by atoms with E-state index in [0.717, 1.165) is 38.9 Å². The normalized spacial score (nSPS) is 37.1. The third-order valence-electron chi connectivity index (χ3n) is 4.30. The van der Waals surface area contributed by atoms with Crippen LogP contribution in [0.5, 0.6) is 0 Å². The van der Waals surface area contributed by atoms with Gasteiger partial charge in [0, 0.05) is 17.8 Å². The van der Waals surface area contributed by atoms with Gasteiger partial charge in [0.2, 0.25) is 0 Å².